The van der Waals surface area contributed by atoms with Crippen molar-refractivity contribution in [1.82, 2.24) is 63.0 Å². The van der Waals surface area contributed by atoms with Crippen LogP contribution in [-0.4, -0.2) is 280 Å². The third kappa shape index (κ3) is 29.4. The molecule has 40 heteroatoms. The number of nitro groups is 1. The minimum absolute atomic E-state index is 0.0349. The predicted octanol–water partition coefficient (Wildman–Crippen LogP) is -5.56. The van der Waals surface area contributed by atoms with Crippen LogP contribution >= 0.6 is 0 Å². The van der Waals surface area contributed by atoms with Gasteiger partial charge in [-0.1, -0.05) is 91.0 Å². The molecule has 0 radical (unpaired) electrons. The molecule has 0 aliphatic carbocycles. The summed E-state index contributed by atoms with van der Waals surface area (Å²) >= 11 is 0. The molecule has 3 aliphatic heterocycles. The predicted molar refractivity (Wildman–Crippen MR) is 392 cm³/mol. The molecule has 40 nitrogen and oxygen atoms in total. The highest BCUT2D eigenvalue weighted by molar-refractivity contribution is 6.00. The van der Waals surface area contributed by atoms with Crippen molar-refractivity contribution in [1.29, 1.82) is 0 Å². The molecule has 19 atom stereocenters. The number of carbonyl (C=O) groups is 14. The number of nitrogens with one attached hydrogen (secondary N) is 10. The van der Waals surface area contributed by atoms with Crippen molar-refractivity contribution in [2.75, 3.05) is 26.2 Å². The van der Waals surface area contributed by atoms with Crippen molar-refractivity contribution < 1.29 is 118 Å². The quantitative estimate of drug-likeness (QED) is 0.0178. The maximum absolute atomic E-state index is 14.8. The van der Waals surface area contributed by atoms with Crippen molar-refractivity contribution in [3.63, 3.8) is 0 Å². The Bertz CT molecular complexity index is 3380. The number of cyclic esters (lactones) is 1. The van der Waals surface area contributed by atoms with E-state index in [-0.39, 0.29) is 37.8 Å². The van der Waals surface area contributed by atoms with Crippen molar-refractivity contribution in [2.45, 2.75) is 293 Å². The number of phenolic OH excluding ortho intramolecular Hbond substituents is 1. The van der Waals surface area contributed by atoms with E-state index in [4.69, 9.17) is 16.2 Å². The Labute approximate surface area is 642 Å². The molecule has 624 valence electrons. The number of nitrogens with zero attached hydrogens (tertiary/aromatic N) is 3. The minimum Gasteiger partial charge on any atom is -0.502 e. The summed E-state index contributed by atoms with van der Waals surface area (Å²) in [5.41, 5.74) is 10.3. The summed E-state index contributed by atoms with van der Waals surface area (Å²) in [7, 11) is 0. The van der Waals surface area contributed by atoms with Gasteiger partial charge >= 0.3 is 11.7 Å². The molecular formula is C71H115N15O25. The van der Waals surface area contributed by atoms with E-state index in [0.717, 1.165) is 109 Å². The van der Waals surface area contributed by atoms with Gasteiger partial charge < -0.3 is 120 Å². The second-order valence-corrected chi connectivity index (χ2v) is 29.1. The largest absolute Gasteiger partial charge is 0.502 e. The summed E-state index contributed by atoms with van der Waals surface area (Å²) in [5.74, 6) is -18.6. The van der Waals surface area contributed by atoms with Gasteiger partial charge in [0.15, 0.2) is 5.75 Å². The summed E-state index contributed by atoms with van der Waals surface area (Å²) in [6, 6.07) is -17.6. The standard InChI is InChI=1S/C71H115N15O25/c1-9-10-11-12-13-14-15-16-17-18-19-21-43-31-52(96)78-55(37(5)87)65(102)75-36(4)61(98)77-45(28-41-23-24-48(92)46(29-41)86(109)110)62(99)80-54(35(2)3)69(106)85-34-42(91)30-47(85)63(100)81-57(39(7)89)67(104)82-58(40(8)90)70(107)84-27-25-49(93)60(84)68(105)83-59(50(94)32-51(73)95)64(101)74-33-53(97)79-56(38(6)88)66(103)76-44(22-20-26-72)71(108)111-43/h23-24,29,35-40,42-45,47,49-50,54-60,87-94H,9-22,25-28,30-34,72H2,1-8H3,(H2,73,95)(H,74,101)(H,75,102)(H,76,103)(H,77,98)(H,78,96)(H,79,97)(H,80,99)(H,81,100)(H,82,104)(H,83,105)/t36-,37-,38-,39-,40-,42-,43-,44+,45+,47+,49+,50-,54+,55-,56-,57-,58+,59+,60+/m1/s1. The molecule has 0 aromatic heterocycles. The van der Waals surface area contributed by atoms with Gasteiger partial charge in [0.25, 0.3) is 0 Å². The molecule has 3 heterocycles. The van der Waals surface area contributed by atoms with E-state index in [0.29, 0.717) is 17.7 Å². The molecule has 0 bridgehead atoms. The SMILES string of the molecule is CCCCCCCCCCCCC[C@@H]1CC(=O)N[C@H]([C@@H](C)O)C(=O)N[C@H](C)C(=O)N[C@@H](Cc2ccc(O)c([N+](=O)[O-])c2)C(=O)N[C@@H](C(C)C)C(=O)N2C[C@H](O)C[C@H]2C(=O)N[C@H]([C@@H](C)O)C(=O)N[C@@H]([C@@H](C)O)C(=O)N2CC[C@H](O)[C@H]2C(=O)N[C@@H]([C@H](O)CC(N)=O)C(=O)NCC(=O)N[C@H]([C@@H](C)O)C(=O)N[C@@H](CCCN)C(=O)O1. The van der Waals surface area contributed by atoms with Crippen LogP contribution in [0.3, 0.4) is 0 Å². The maximum Gasteiger partial charge on any atom is 0.328 e. The molecule has 0 unspecified atom stereocenters. The van der Waals surface area contributed by atoms with Crippen LogP contribution in [-0.2, 0) is 78.3 Å². The van der Waals surface area contributed by atoms with Gasteiger partial charge in [0.2, 0.25) is 76.8 Å². The van der Waals surface area contributed by atoms with Crippen LogP contribution in [0.15, 0.2) is 18.2 Å². The van der Waals surface area contributed by atoms with Crippen molar-refractivity contribution in [3.05, 3.63) is 33.9 Å². The number of amides is 13. The molecule has 1 aromatic rings. The lowest BCUT2D eigenvalue weighted by atomic mass is 9.99. The molecule has 1 aromatic carbocycles. The number of fused-ring (bicyclic) bond motifs is 2. The number of aromatic hydroxyl groups is 1. The third-order valence-corrected chi connectivity index (χ3v) is 19.3. The number of carbonyl (C=O) groups excluding carboxylic acids is 14. The number of hydrogen-bond acceptors (Lipinski definition) is 26. The molecule has 3 aliphatic rings. The molecule has 13 amide bonds. The first-order valence-electron chi connectivity index (χ1n) is 37.7. The first kappa shape index (κ1) is 94.1. The van der Waals surface area contributed by atoms with Crippen LogP contribution in [0.25, 0.3) is 0 Å². The number of aliphatic hydroxyl groups excluding tert-OH is 7. The average molecular weight is 1580 g/mol. The Morgan fingerprint density at radius 1 is 0.595 bits per heavy atom. The highest BCUT2D eigenvalue weighted by Crippen LogP contribution is 2.28. The number of esters is 1. The van der Waals surface area contributed by atoms with Crippen LogP contribution in [0.1, 0.15) is 177 Å². The fourth-order valence-electron chi connectivity index (χ4n) is 13.0. The summed E-state index contributed by atoms with van der Waals surface area (Å²) in [5, 5.41) is 123. The van der Waals surface area contributed by atoms with E-state index in [1.807, 2.05) is 0 Å². The minimum atomic E-state index is -2.24. The molecule has 22 N–H and O–H groups in total. The molecule has 3 fully saturated rings. The molecule has 0 saturated carbocycles. The summed E-state index contributed by atoms with van der Waals surface area (Å²) < 4.78 is 5.93. The fraction of sp³-hybridized carbons (Fsp3) is 0.718. The second-order valence-electron chi connectivity index (χ2n) is 29.1. The monoisotopic (exact) mass is 1580 g/mol. The summed E-state index contributed by atoms with van der Waals surface area (Å²) in [4.78, 5) is 210. The number of primary amides is 1. The number of aliphatic hydroxyl groups is 7. The highest BCUT2D eigenvalue weighted by Gasteiger charge is 2.48. The maximum atomic E-state index is 14.8. The lowest BCUT2D eigenvalue weighted by Crippen LogP contribution is -2.64. The number of nitro benzene ring substituents is 1. The number of rotatable bonds is 26. The Balaban J connectivity index is 1.83. The van der Waals surface area contributed by atoms with E-state index < -0.39 is 266 Å². The Morgan fingerprint density at radius 2 is 1.11 bits per heavy atom. The zero-order chi connectivity index (χ0) is 83.3. The van der Waals surface area contributed by atoms with Gasteiger partial charge in [0.05, 0.1) is 67.0 Å². The van der Waals surface area contributed by atoms with Crippen molar-refractivity contribution >= 4 is 88.5 Å². The van der Waals surface area contributed by atoms with E-state index >= 15 is 0 Å². The average Bonchev–Trinajstić information content (AvgIpc) is 1.69. The van der Waals surface area contributed by atoms with Crippen molar-refractivity contribution in [2.24, 2.45) is 17.4 Å². The van der Waals surface area contributed by atoms with Crippen LogP contribution in [0.2, 0.25) is 0 Å². The van der Waals surface area contributed by atoms with Gasteiger partial charge in [-0.2, -0.15) is 0 Å². The molecule has 0 spiro atoms. The van der Waals surface area contributed by atoms with Crippen molar-refractivity contribution in [3.8, 4) is 5.75 Å². The lowest BCUT2D eigenvalue weighted by molar-refractivity contribution is -0.385. The highest BCUT2D eigenvalue weighted by atomic mass is 16.6. The molecule has 4 rings (SSSR count). The molecule has 3 saturated heterocycles. The fourth-order valence-corrected chi connectivity index (χ4v) is 13.0. The number of ether oxygens (including phenoxy) is 1. The Hall–Kier alpha value is -9.32. The first-order chi connectivity index (χ1) is 52.2. The first-order valence-corrected chi connectivity index (χ1v) is 37.7. The van der Waals surface area contributed by atoms with Crippen LogP contribution in [0.5, 0.6) is 5.75 Å². The van der Waals surface area contributed by atoms with Gasteiger partial charge in [-0.25, -0.2) is 4.79 Å². The second kappa shape index (κ2) is 45.9. The number of benzene rings is 1. The Morgan fingerprint density at radius 3 is 1.67 bits per heavy atom. The molecule has 111 heavy (non-hydrogen) atoms. The third-order valence-electron chi connectivity index (χ3n) is 19.3. The van der Waals surface area contributed by atoms with Gasteiger partial charge in [0, 0.05) is 32.0 Å². The van der Waals surface area contributed by atoms with Gasteiger partial charge in [-0.15, -0.1) is 0 Å². The van der Waals surface area contributed by atoms with E-state index in [9.17, 15) is 118 Å². The summed E-state index contributed by atoms with van der Waals surface area (Å²) in [6.07, 6.45) is -7.00. The lowest BCUT2D eigenvalue weighted by Gasteiger charge is -2.34. The van der Waals surface area contributed by atoms with Gasteiger partial charge in [-0.05, 0) is 90.8 Å². The van der Waals surface area contributed by atoms with Crippen LogP contribution in [0, 0.1) is 16.0 Å². The number of phenols is 1. The smallest absolute Gasteiger partial charge is 0.328 e. The van der Waals surface area contributed by atoms with E-state index in [2.05, 4.69) is 60.1 Å². The number of unbranched alkanes of at least 4 members (excludes halogenated alkanes) is 10. The van der Waals surface area contributed by atoms with Gasteiger partial charge in [0.1, 0.15) is 72.6 Å². The van der Waals surface area contributed by atoms with Crippen LogP contribution in [0.4, 0.5) is 5.69 Å². The van der Waals surface area contributed by atoms with E-state index in [1.165, 1.54) is 19.9 Å². The van der Waals surface area contributed by atoms with Gasteiger partial charge in [-0.3, -0.25) is 72.4 Å². The van der Waals surface area contributed by atoms with Crippen LogP contribution < -0.4 is 64.6 Å². The zero-order valence-electron chi connectivity index (χ0n) is 64.1. The zero-order valence-corrected chi connectivity index (χ0v) is 64.1. The normalized spacial score (nSPS) is 27.7. The molecular weight excluding hydrogens is 1460 g/mol. The number of nitrogens with two attached hydrogens (primary N) is 2. The number of hydrogen-bond donors (Lipinski definition) is 20. The van der Waals surface area contributed by atoms with E-state index in [1.54, 1.807) is 0 Å². The summed E-state index contributed by atoms with van der Waals surface area (Å²) in [6.45, 7) is 8.23. The Kier molecular flexibility index (Phi) is 38.9. The topological polar surface area (TPSA) is 632 Å².